The molecule has 0 spiro atoms. The maximum Gasteiger partial charge on any atom is 0.403 e. The van der Waals surface area contributed by atoms with E-state index in [1.165, 1.54) is 48.8 Å². The third kappa shape index (κ3) is 11.9. The maximum atomic E-state index is 11.2. The van der Waals surface area contributed by atoms with Crippen molar-refractivity contribution >= 4 is 78.9 Å². The third-order valence-corrected chi connectivity index (χ3v) is 10.1. The minimum Gasteiger partial charge on any atom is -0.744 e. The lowest BCUT2D eigenvalue weighted by Gasteiger charge is -2.17. The molecule has 4 aromatic carbocycles. The van der Waals surface area contributed by atoms with Crippen LogP contribution in [0.4, 0.5) is 11.4 Å². The Morgan fingerprint density at radius 1 is 0.581 bits per heavy atom. The van der Waals surface area contributed by atoms with Crippen molar-refractivity contribution in [2.45, 2.75) is 9.79 Å². The van der Waals surface area contributed by atoms with Crippen molar-refractivity contribution in [2.24, 2.45) is 23.2 Å². The summed E-state index contributed by atoms with van der Waals surface area (Å²) in [5.41, 5.74) is 12.8. The van der Waals surface area contributed by atoms with Gasteiger partial charge in [0, 0.05) is 41.3 Å². The van der Waals surface area contributed by atoms with E-state index in [0.29, 0.717) is 16.8 Å². The number of fused-ring (bicyclic) bond motifs is 1. The third-order valence-electron chi connectivity index (χ3n) is 8.18. The van der Waals surface area contributed by atoms with Gasteiger partial charge in [0.2, 0.25) is 0 Å². The highest BCUT2D eigenvalue weighted by Crippen LogP contribution is 2.30. The average molecular weight is 885 g/mol. The molecule has 0 atom stereocenters. The van der Waals surface area contributed by atoms with Gasteiger partial charge in [0.05, 0.1) is 32.1 Å². The van der Waals surface area contributed by atoms with Gasteiger partial charge in [-0.05, 0) is 72.2 Å². The summed E-state index contributed by atoms with van der Waals surface area (Å²) < 4.78 is 71.7. The Morgan fingerprint density at radius 2 is 1.00 bits per heavy atom. The van der Waals surface area contributed by atoms with Crippen LogP contribution < -0.4 is 23.2 Å². The summed E-state index contributed by atoms with van der Waals surface area (Å²) >= 11 is 0. The highest BCUT2D eigenvalue weighted by atomic mass is 32.2. The number of nitro benzene ring substituents is 2. The van der Waals surface area contributed by atoms with Crippen LogP contribution in [0.25, 0.3) is 34.3 Å². The van der Waals surface area contributed by atoms with Crippen molar-refractivity contribution in [1.82, 2.24) is 9.13 Å². The highest BCUT2D eigenvalue weighted by molar-refractivity contribution is 7.89. The summed E-state index contributed by atoms with van der Waals surface area (Å²) in [7, 11) is -10.1. The van der Waals surface area contributed by atoms with Gasteiger partial charge in [0.25, 0.3) is 11.4 Å². The fraction of sp³-hybridized carbons (Fsp3) is 0. The number of guanidine groups is 2. The normalized spacial score (nSPS) is 12.0. The highest BCUT2D eigenvalue weighted by Gasteiger charge is 2.18. The van der Waals surface area contributed by atoms with Crippen molar-refractivity contribution in [1.29, 1.82) is 10.8 Å². The second-order valence-corrected chi connectivity index (χ2v) is 14.9. The van der Waals surface area contributed by atoms with Crippen molar-refractivity contribution in [2.75, 3.05) is 0 Å². The largest absolute Gasteiger partial charge is 0.744 e. The van der Waals surface area contributed by atoms with Crippen LogP contribution in [0.1, 0.15) is 11.4 Å². The molecule has 0 saturated carbocycles. The quantitative estimate of drug-likeness (QED) is 0.0219. The zero-order valence-electron chi connectivity index (χ0n) is 31.9. The fourth-order valence-electron chi connectivity index (χ4n) is 5.45. The zero-order chi connectivity index (χ0) is 45.8. The smallest absolute Gasteiger partial charge is 0.403 e. The summed E-state index contributed by atoms with van der Waals surface area (Å²) in [6.07, 6.45) is 12.9. The van der Waals surface area contributed by atoms with E-state index in [1.54, 1.807) is 113 Å². The predicted molar refractivity (Wildman–Crippen MR) is 228 cm³/mol. The lowest BCUT2D eigenvalue weighted by molar-refractivity contribution is -0.417. The van der Waals surface area contributed by atoms with Gasteiger partial charge < -0.3 is 18.2 Å². The van der Waals surface area contributed by atoms with E-state index in [9.17, 15) is 46.2 Å². The Morgan fingerprint density at radius 3 is 1.40 bits per heavy atom. The van der Waals surface area contributed by atoms with Gasteiger partial charge in [-0.25, -0.2) is 16.8 Å². The molecule has 0 unspecified atom stereocenters. The molecule has 0 aliphatic rings. The Bertz CT molecular complexity index is 2900. The molecule has 22 nitrogen and oxygen atoms in total. The van der Waals surface area contributed by atoms with Crippen molar-refractivity contribution in [3.05, 3.63) is 165 Å². The molecule has 24 heteroatoms. The topological polar surface area (TPSA) is 368 Å². The minimum atomic E-state index is -5.07. The van der Waals surface area contributed by atoms with E-state index in [2.05, 4.69) is 0 Å². The molecule has 0 amide bonds. The first-order valence-corrected chi connectivity index (χ1v) is 20.1. The Kier molecular flexibility index (Phi) is 15.0. The second kappa shape index (κ2) is 20.1. The van der Waals surface area contributed by atoms with Crippen LogP contribution in [0, 0.1) is 31.0 Å². The molecule has 6 aromatic rings. The maximum absolute atomic E-state index is 11.2. The Hall–Kier alpha value is -8.32. The van der Waals surface area contributed by atoms with Gasteiger partial charge in [0.1, 0.15) is 31.6 Å². The number of allylic oxidation sites excluding steroid dienone is 2. The predicted octanol–water partition coefficient (Wildman–Crippen LogP) is 3.15. The minimum absolute atomic E-state index is 0.0153. The SMILES string of the molecule is N=C(N)[N+](N)=CC=Cc1cccn1-c1ccccc1[N+](=O)[O-].N=C(N)[N+](N)=CC=Cc1cccn1-c1ccccc1[N+](=O)[O-].O=S(=O)([O-])c1ccc2ccccc2c1S(=O)(=O)[O-]. The van der Waals surface area contributed by atoms with Crippen LogP contribution >= 0.6 is 0 Å². The molecule has 2 heterocycles. The molecule has 0 radical (unpaired) electrons. The first kappa shape index (κ1) is 46.4. The molecule has 0 bridgehead atoms. The van der Waals surface area contributed by atoms with E-state index in [0.717, 1.165) is 26.8 Å². The average Bonchev–Trinajstić information content (AvgIpc) is 3.90. The fourth-order valence-corrected chi connectivity index (χ4v) is 7.40. The van der Waals surface area contributed by atoms with Gasteiger partial charge >= 0.3 is 11.9 Å². The molecule has 0 aliphatic heterocycles. The monoisotopic (exact) mass is 884 g/mol. The van der Waals surface area contributed by atoms with Crippen LogP contribution in [-0.4, -0.2) is 78.6 Å². The van der Waals surface area contributed by atoms with Crippen LogP contribution in [0.15, 0.2) is 144 Å². The Balaban J connectivity index is 0.000000206. The second-order valence-electron chi connectivity index (χ2n) is 12.2. The van der Waals surface area contributed by atoms with Gasteiger partial charge in [-0.1, -0.05) is 54.6 Å². The standard InChI is InChI=1S/2C14H15N6O2.C10H8O6S2/c2*15-14(16)19(17)10-4-6-11-5-3-9-18(11)12-7-1-2-8-13(12)20(21)22;11-17(12,13)9-6-5-7-3-1-2-4-8(7)10(9)18(14,15)16/h2*1-10H,17H2,(H3,15,16);1-6H,(H,11,12,13)(H,14,15,16)/q2*+1;/p-2. The van der Waals surface area contributed by atoms with Crippen LogP contribution in [0.2, 0.25) is 0 Å². The number of hydrogen-bond donors (Lipinski definition) is 6. The van der Waals surface area contributed by atoms with E-state index < -0.39 is 39.9 Å². The van der Waals surface area contributed by atoms with Crippen molar-refractivity contribution in [3.8, 4) is 11.4 Å². The van der Waals surface area contributed by atoms with E-state index in [4.69, 9.17) is 34.0 Å². The molecule has 320 valence electrons. The number of hydrazone groups is 2. The molecule has 0 aliphatic carbocycles. The number of nitrogens with zero attached hydrogens (tertiary/aromatic N) is 6. The summed E-state index contributed by atoms with van der Waals surface area (Å²) in [6, 6.07) is 28.0. The lowest BCUT2D eigenvalue weighted by Crippen LogP contribution is -2.33. The van der Waals surface area contributed by atoms with E-state index in [-0.39, 0.29) is 28.7 Å². The number of para-hydroxylation sites is 4. The lowest BCUT2D eigenvalue weighted by atomic mass is 10.1. The van der Waals surface area contributed by atoms with Gasteiger partial charge in [-0.3, -0.25) is 43.4 Å². The molecule has 10 N–H and O–H groups in total. The summed E-state index contributed by atoms with van der Waals surface area (Å²) in [4.78, 5) is 19.4. The van der Waals surface area contributed by atoms with Crippen LogP contribution in [0.3, 0.4) is 0 Å². The summed E-state index contributed by atoms with van der Waals surface area (Å²) in [5, 5.41) is 36.8. The molecular weight excluding hydrogens is 849 g/mol. The molecule has 6 rings (SSSR count). The van der Waals surface area contributed by atoms with Gasteiger partial charge in [0.15, 0.2) is 0 Å². The number of nitrogens with two attached hydrogens (primary N) is 4. The Labute approximate surface area is 352 Å². The number of benzene rings is 4. The summed E-state index contributed by atoms with van der Waals surface area (Å²) in [5.74, 6) is 10.3. The molecular formula is C38H36N12O10S2. The van der Waals surface area contributed by atoms with Crippen LogP contribution in [0.5, 0.6) is 0 Å². The number of rotatable bonds is 10. The number of hydrazine groups is 2. The van der Waals surface area contributed by atoms with Crippen molar-refractivity contribution in [3.63, 3.8) is 0 Å². The number of aromatic nitrogens is 2. The number of nitro groups is 2. The summed E-state index contributed by atoms with van der Waals surface area (Å²) in [6.45, 7) is 0. The molecule has 62 heavy (non-hydrogen) atoms. The van der Waals surface area contributed by atoms with Crippen molar-refractivity contribution < 1.29 is 45.2 Å². The zero-order valence-corrected chi connectivity index (χ0v) is 33.5. The van der Waals surface area contributed by atoms with Gasteiger partial charge in [-0.15, -0.1) is 20.2 Å². The van der Waals surface area contributed by atoms with E-state index in [1.807, 2.05) is 0 Å². The molecule has 2 aromatic heterocycles. The van der Waals surface area contributed by atoms with Crippen LogP contribution in [-0.2, 0) is 20.2 Å². The first-order valence-electron chi connectivity index (χ1n) is 17.3. The molecule has 0 saturated heterocycles. The number of nitrogens with one attached hydrogen (secondary N) is 2. The van der Waals surface area contributed by atoms with E-state index >= 15 is 0 Å². The van der Waals surface area contributed by atoms with Gasteiger partial charge in [-0.2, -0.15) is 0 Å². The molecule has 0 fully saturated rings. The first-order chi connectivity index (χ1) is 29.2. The number of hydrogen-bond acceptors (Lipinski definition) is 14.